The summed E-state index contributed by atoms with van der Waals surface area (Å²) in [7, 11) is -6.89. The molecule has 0 heterocycles. The molecule has 0 spiro atoms. The van der Waals surface area contributed by atoms with Crippen molar-refractivity contribution in [3.8, 4) is 11.8 Å². The van der Waals surface area contributed by atoms with E-state index in [9.17, 15) is 17.3 Å². The van der Waals surface area contributed by atoms with Crippen LogP contribution in [0.5, 0.6) is 0 Å². The smallest absolute Gasteiger partial charge is 0.418 e. The van der Waals surface area contributed by atoms with E-state index in [4.69, 9.17) is 0 Å². The third-order valence-corrected chi connectivity index (χ3v) is 12.1. The topological polar surface area (TPSA) is 0 Å². The van der Waals surface area contributed by atoms with E-state index in [0.717, 1.165) is 5.56 Å². The molecule has 0 bridgehead atoms. The van der Waals surface area contributed by atoms with Crippen LogP contribution in [-0.2, 0) is 21.1 Å². The predicted octanol–water partition coefficient (Wildman–Crippen LogP) is 10.5. The van der Waals surface area contributed by atoms with Crippen molar-refractivity contribution < 1.29 is 38.3 Å². The summed E-state index contributed by atoms with van der Waals surface area (Å²) in [6.07, 6.45) is 0. The summed E-state index contributed by atoms with van der Waals surface area (Å²) in [5.74, 6) is 6.39. The maximum absolute atomic E-state index is 9.75. The van der Waals surface area contributed by atoms with E-state index in [2.05, 4.69) is 208 Å². The zero-order valence-electron chi connectivity index (χ0n) is 29.9. The van der Waals surface area contributed by atoms with Crippen molar-refractivity contribution in [1.82, 2.24) is 0 Å². The van der Waals surface area contributed by atoms with Crippen LogP contribution in [0.3, 0.4) is 0 Å². The van der Waals surface area contributed by atoms with Crippen LogP contribution in [0.25, 0.3) is 0 Å². The fraction of sp³-hybridized carbons (Fsp3) is 0. The summed E-state index contributed by atoms with van der Waals surface area (Å²) < 4.78 is 39.0. The Morgan fingerprint density at radius 2 is 0.545 bits per heavy atom. The van der Waals surface area contributed by atoms with Gasteiger partial charge in [-0.1, -0.05) is 212 Å². The quantitative estimate of drug-likeness (QED) is 0.0675. The zero-order valence-corrected chi connectivity index (χ0v) is 34.0. The molecule has 0 aliphatic heterocycles. The molecule has 7 rings (SSSR count). The molecule has 55 heavy (non-hydrogen) atoms. The fourth-order valence-corrected chi connectivity index (χ4v) is 9.65. The van der Waals surface area contributed by atoms with Crippen molar-refractivity contribution in [3.05, 3.63) is 238 Å². The van der Waals surface area contributed by atoms with Gasteiger partial charge in [-0.3, -0.25) is 0 Å². The largest absolute Gasteiger partial charge is 2.00 e. The van der Waals surface area contributed by atoms with E-state index in [1.165, 1.54) is 31.8 Å². The summed E-state index contributed by atoms with van der Waals surface area (Å²) in [6.45, 7) is 7.17. The van der Waals surface area contributed by atoms with E-state index in [-0.39, 0.29) is 21.1 Å². The summed E-state index contributed by atoms with van der Waals surface area (Å²) in [6, 6.07) is 74.4. The second-order valence-electron chi connectivity index (χ2n) is 11.4. The van der Waals surface area contributed by atoms with Crippen LogP contribution in [0.1, 0.15) is 5.56 Å². The van der Waals surface area contributed by atoms with Gasteiger partial charge in [0.2, 0.25) is 0 Å². The molecule has 0 aromatic heterocycles. The minimum Gasteiger partial charge on any atom is -0.418 e. The number of rotatable bonds is 6. The van der Waals surface area contributed by atoms with Gasteiger partial charge in [0.15, 0.2) is 0 Å². The van der Waals surface area contributed by atoms with Crippen molar-refractivity contribution >= 4 is 54.9 Å². The van der Waals surface area contributed by atoms with Crippen LogP contribution in [0.2, 0.25) is 0 Å². The Balaban J connectivity index is 0.000000213. The maximum atomic E-state index is 9.75. The number of halogens is 4. The molecule has 0 saturated heterocycles. The average Bonchev–Trinajstić information content (AvgIpc) is 3.20. The first kappa shape index (κ1) is 44.8. The van der Waals surface area contributed by atoms with E-state index < -0.39 is 23.1 Å². The fourth-order valence-electron chi connectivity index (χ4n) is 5.04. The van der Waals surface area contributed by atoms with Crippen molar-refractivity contribution in [2.24, 2.45) is 0 Å². The Morgan fingerprint density at radius 1 is 0.364 bits per heavy atom. The Bertz CT molecular complexity index is 1770. The van der Waals surface area contributed by atoms with Gasteiger partial charge in [-0.2, -0.15) is 0 Å². The van der Waals surface area contributed by atoms with E-state index in [0.29, 0.717) is 5.92 Å². The third-order valence-electron chi connectivity index (χ3n) is 7.24. The number of benzene rings is 7. The molecular formula is C47H39BF4P2Pt+. The standard InChI is InChI=1S/2C18H15P.C11H9.BF4.Pt/c2*1-4-10-16(11-5-1)19(17-12-6-2-7-13-17)18-14-8-3-9-15-18;1-10(2)8-9-11-6-4-3-5-7-11;2-1(3,4)5;/h2*1-15H;3-7H,1-2H2;;/q;;;-1;+2. The summed E-state index contributed by atoms with van der Waals surface area (Å²) >= 11 is 0. The normalized spacial score (nSPS) is 10.2. The molecule has 3 radical (unpaired) electrons. The molecule has 0 aliphatic carbocycles. The SMILES string of the molecule is F[B-](F)(F)F.[CH2][C]([CH2])C#Cc1ccccc1.[Pt+2].c1ccc(P(c2ccccc2)c2ccccc2)cc1.c1ccc(P(c2ccccc2)c2ccccc2)cc1. The summed E-state index contributed by atoms with van der Waals surface area (Å²) in [4.78, 5) is 0. The van der Waals surface area contributed by atoms with Gasteiger partial charge in [0.1, 0.15) is 0 Å². The van der Waals surface area contributed by atoms with Crippen LogP contribution in [0.15, 0.2) is 212 Å². The first-order valence-corrected chi connectivity index (χ1v) is 19.7. The zero-order chi connectivity index (χ0) is 38.4. The Kier molecular flexibility index (Phi) is 20.2. The average molecular weight is 948 g/mol. The Labute approximate surface area is 341 Å². The number of hydrogen-bond acceptors (Lipinski definition) is 0. The maximum Gasteiger partial charge on any atom is 2.00 e. The molecule has 0 fully saturated rings. The number of hydrogen-bond donors (Lipinski definition) is 0. The van der Waals surface area contributed by atoms with Gasteiger partial charge in [-0.25, -0.2) is 0 Å². The van der Waals surface area contributed by atoms with E-state index >= 15 is 0 Å². The van der Waals surface area contributed by atoms with Gasteiger partial charge < -0.3 is 17.3 Å². The molecule has 0 aliphatic rings. The van der Waals surface area contributed by atoms with Gasteiger partial charge >= 0.3 is 28.3 Å². The van der Waals surface area contributed by atoms with Crippen LogP contribution in [0.4, 0.5) is 17.3 Å². The molecule has 0 N–H and O–H groups in total. The van der Waals surface area contributed by atoms with Crippen molar-refractivity contribution in [1.29, 1.82) is 0 Å². The van der Waals surface area contributed by atoms with Crippen molar-refractivity contribution in [2.45, 2.75) is 0 Å². The molecule has 7 aromatic carbocycles. The second kappa shape index (κ2) is 24.8. The molecule has 277 valence electrons. The Morgan fingerprint density at radius 3 is 0.727 bits per heavy atom. The minimum absolute atomic E-state index is 0. The monoisotopic (exact) mass is 947 g/mol. The molecular weight excluding hydrogens is 908 g/mol. The molecule has 0 atom stereocenters. The predicted molar refractivity (Wildman–Crippen MR) is 228 cm³/mol. The first-order chi connectivity index (χ1) is 26.2. The molecule has 0 saturated carbocycles. The van der Waals surface area contributed by atoms with Crippen LogP contribution >= 0.6 is 15.8 Å². The molecule has 7 aromatic rings. The summed E-state index contributed by atoms with van der Waals surface area (Å²) in [5.41, 5.74) is 0.998. The van der Waals surface area contributed by atoms with Gasteiger partial charge in [-0.15, -0.1) is 0 Å². The van der Waals surface area contributed by atoms with Gasteiger partial charge in [0.05, 0.1) is 0 Å². The van der Waals surface area contributed by atoms with Crippen LogP contribution in [0, 0.1) is 31.6 Å². The molecule has 0 nitrogen and oxygen atoms in total. The van der Waals surface area contributed by atoms with E-state index in [1.807, 2.05) is 30.3 Å². The molecule has 8 heteroatoms. The Hall–Kier alpha value is -4.57. The minimum atomic E-state index is -6.00. The van der Waals surface area contributed by atoms with Gasteiger partial charge in [0, 0.05) is 11.5 Å². The third kappa shape index (κ3) is 17.2. The van der Waals surface area contributed by atoms with Crippen LogP contribution < -0.4 is 31.8 Å². The van der Waals surface area contributed by atoms with Crippen molar-refractivity contribution in [2.75, 3.05) is 0 Å². The molecule has 0 amide bonds. The van der Waals surface area contributed by atoms with Gasteiger partial charge in [0.25, 0.3) is 0 Å². The van der Waals surface area contributed by atoms with E-state index in [1.54, 1.807) is 0 Å². The molecule has 0 unspecified atom stereocenters. The van der Waals surface area contributed by atoms with Gasteiger partial charge in [-0.05, 0) is 73.7 Å². The van der Waals surface area contributed by atoms with Crippen molar-refractivity contribution in [3.63, 3.8) is 0 Å². The first-order valence-electron chi connectivity index (χ1n) is 17.0. The summed E-state index contributed by atoms with van der Waals surface area (Å²) in [5, 5.41) is 8.39. The second-order valence-corrected chi connectivity index (χ2v) is 15.8. The van der Waals surface area contributed by atoms with Crippen LogP contribution in [-0.4, -0.2) is 7.25 Å².